The Morgan fingerprint density at radius 2 is 1.86 bits per heavy atom. The molecule has 0 saturated heterocycles. The molecule has 1 heterocycles. The van der Waals surface area contributed by atoms with Crippen molar-refractivity contribution in [1.29, 1.82) is 0 Å². The monoisotopic (exact) mass is 404 g/mol. The van der Waals surface area contributed by atoms with Crippen LogP contribution in [0.4, 0.5) is 13.2 Å². The van der Waals surface area contributed by atoms with Crippen molar-refractivity contribution in [3.05, 3.63) is 59.7 Å². The fourth-order valence-corrected chi connectivity index (χ4v) is 2.84. The minimum Gasteiger partial charge on any atom is -0.496 e. The number of carbonyl (C=O) groups excluding carboxylic acids is 1. The number of amides is 1. The molecule has 2 N–H and O–H groups in total. The van der Waals surface area contributed by atoms with E-state index >= 15 is 0 Å². The van der Waals surface area contributed by atoms with Crippen LogP contribution in [0.15, 0.2) is 48.5 Å². The largest absolute Gasteiger partial charge is 0.496 e. The molecule has 29 heavy (non-hydrogen) atoms. The molecule has 0 aliphatic heterocycles. The van der Waals surface area contributed by atoms with E-state index in [1.54, 1.807) is 31.2 Å². The van der Waals surface area contributed by atoms with Gasteiger partial charge in [0.1, 0.15) is 5.75 Å². The van der Waals surface area contributed by atoms with Gasteiger partial charge in [-0.2, -0.15) is 13.2 Å². The Hall–Kier alpha value is -3.13. The van der Waals surface area contributed by atoms with Gasteiger partial charge in [0.05, 0.1) is 30.5 Å². The second kappa shape index (κ2) is 8.08. The van der Waals surface area contributed by atoms with Crippen LogP contribution in [0.2, 0.25) is 0 Å². The fraction of sp³-hybridized carbons (Fsp3) is 0.238. The average molecular weight is 404 g/mol. The summed E-state index contributed by atoms with van der Waals surface area (Å²) in [5.74, 6) is 0.120. The van der Waals surface area contributed by atoms with Crippen molar-refractivity contribution in [2.75, 3.05) is 13.7 Å². The predicted octanol–water partition coefficient (Wildman–Crippen LogP) is 4.04. The van der Waals surface area contributed by atoms with E-state index in [1.165, 1.54) is 19.2 Å². The van der Waals surface area contributed by atoms with Crippen LogP contribution in [-0.4, -0.2) is 35.8 Å². The lowest BCUT2D eigenvalue weighted by atomic mass is 10.0. The molecule has 0 spiro atoms. The summed E-state index contributed by atoms with van der Waals surface area (Å²) >= 11 is 0. The number of nitrogens with zero attached hydrogens (tertiary/aromatic N) is 1. The van der Waals surface area contributed by atoms with E-state index < -0.39 is 17.8 Å². The number of pyridine rings is 1. The summed E-state index contributed by atoms with van der Waals surface area (Å²) in [5.41, 5.74) is 0.970. The van der Waals surface area contributed by atoms with Gasteiger partial charge in [-0.05, 0) is 37.3 Å². The number of methoxy groups -OCH3 is 1. The first-order valence-electron chi connectivity index (χ1n) is 8.81. The fourth-order valence-electron chi connectivity index (χ4n) is 2.84. The highest BCUT2D eigenvalue weighted by molar-refractivity contribution is 5.99. The highest BCUT2D eigenvalue weighted by Crippen LogP contribution is 2.33. The number of alkyl halides is 3. The van der Waals surface area contributed by atoms with Gasteiger partial charge in [-0.15, -0.1) is 0 Å². The zero-order valence-electron chi connectivity index (χ0n) is 15.7. The summed E-state index contributed by atoms with van der Waals surface area (Å²) in [5, 5.41) is 12.4. The number of benzene rings is 2. The summed E-state index contributed by atoms with van der Waals surface area (Å²) in [6, 6.07) is 10.8. The summed E-state index contributed by atoms with van der Waals surface area (Å²) < 4.78 is 43.8. The Bertz CT molecular complexity index is 1030. The van der Waals surface area contributed by atoms with Crippen molar-refractivity contribution >= 4 is 16.8 Å². The number of ether oxygens (including phenoxy) is 1. The van der Waals surface area contributed by atoms with Gasteiger partial charge < -0.3 is 15.2 Å². The molecule has 0 radical (unpaired) electrons. The van der Waals surface area contributed by atoms with Gasteiger partial charge in [0, 0.05) is 28.6 Å². The van der Waals surface area contributed by atoms with Gasteiger partial charge in [0.2, 0.25) is 0 Å². The molecule has 8 heteroatoms. The number of aliphatic hydroxyl groups excluding tert-OH is 1. The van der Waals surface area contributed by atoms with E-state index in [4.69, 9.17) is 9.84 Å². The lowest BCUT2D eigenvalue weighted by molar-refractivity contribution is -0.137. The lowest BCUT2D eigenvalue weighted by Crippen LogP contribution is -2.34. The van der Waals surface area contributed by atoms with E-state index in [9.17, 15) is 18.0 Å². The van der Waals surface area contributed by atoms with Crippen molar-refractivity contribution in [2.24, 2.45) is 0 Å². The topological polar surface area (TPSA) is 71.5 Å². The molecule has 0 saturated carbocycles. The SMILES string of the molecule is COc1cc(-c2ccc(C(F)(F)F)cc2)nc2cc(C(=O)N[C@@H](C)CO)ccc12. The summed E-state index contributed by atoms with van der Waals surface area (Å²) in [6.45, 7) is 1.48. The quantitative estimate of drug-likeness (QED) is 0.673. The first kappa shape index (κ1) is 20.6. The smallest absolute Gasteiger partial charge is 0.416 e. The van der Waals surface area contributed by atoms with Gasteiger partial charge in [0.25, 0.3) is 5.91 Å². The molecule has 0 unspecified atom stereocenters. The van der Waals surface area contributed by atoms with Crippen molar-refractivity contribution in [1.82, 2.24) is 10.3 Å². The summed E-state index contributed by atoms with van der Waals surface area (Å²) in [4.78, 5) is 16.8. The molecule has 1 amide bonds. The van der Waals surface area contributed by atoms with E-state index in [0.717, 1.165) is 12.1 Å². The lowest BCUT2D eigenvalue weighted by Gasteiger charge is -2.13. The number of aliphatic hydroxyl groups is 1. The first-order valence-corrected chi connectivity index (χ1v) is 8.81. The second-order valence-electron chi connectivity index (χ2n) is 6.57. The molecule has 1 aromatic heterocycles. The van der Waals surface area contributed by atoms with Crippen molar-refractivity contribution in [3.8, 4) is 17.0 Å². The Morgan fingerprint density at radius 3 is 2.45 bits per heavy atom. The molecule has 5 nitrogen and oxygen atoms in total. The zero-order chi connectivity index (χ0) is 21.2. The Morgan fingerprint density at radius 1 is 1.17 bits per heavy atom. The van der Waals surface area contributed by atoms with Crippen LogP contribution in [0.5, 0.6) is 5.75 Å². The maximum atomic E-state index is 12.8. The summed E-state index contributed by atoms with van der Waals surface area (Å²) in [6.07, 6.45) is -4.42. The van der Waals surface area contributed by atoms with Crippen LogP contribution in [0.1, 0.15) is 22.8 Å². The molecule has 0 bridgehead atoms. The number of halogens is 3. The van der Waals surface area contributed by atoms with Crippen LogP contribution in [0.25, 0.3) is 22.2 Å². The van der Waals surface area contributed by atoms with Gasteiger partial charge in [-0.3, -0.25) is 4.79 Å². The Balaban J connectivity index is 2.04. The van der Waals surface area contributed by atoms with Gasteiger partial charge in [0.15, 0.2) is 0 Å². The predicted molar refractivity (Wildman–Crippen MR) is 103 cm³/mol. The number of rotatable bonds is 5. The van der Waals surface area contributed by atoms with Crippen molar-refractivity contribution in [2.45, 2.75) is 19.1 Å². The third-order valence-electron chi connectivity index (χ3n) is 4.41. The van der Waals surface area contributed by atoms with Crippen LogP contribution < -0.4 is 10.1 Å². The number of hydrogen-bond donors (Lipinski definition) is 2. The zero-order valence-corrected chi connectivity index (χ0v) is 15.7. The van der Waals surface area contributed by atoms with Crippen LogP contribution in [0, 0.1) is 0 Å². The minimum absolute atomic E-state index is 0.191. The molecule has 152 valence electrons. The number of fused-ring (bicyclic) bond motifs is 1. The number of carbonyl (C=O) groups is 1. The van der Waals surface area contributed by atoms with Crippen LogP contribution in [0.3, 0.4) is 0 Å². The Kier molecular flexibility index (Phi) is 5.74. The van der Waals surface area contributed by atoms with Crippen molar-refractivity contribution < 1.29 is 27.8 Å². The second-order valence-corrected chi connectivity index (χ2v) is 6.57. The molecule has 3 aromatic rings. The molecule has 1 atom stereocenters. The molecule has 0 fully saturated rings. The highest BCUT2D eigenvalue weighted by Gasteiger charge is 2.30. The van der Waals surface area contributed by atoms with Crippen molar-refractivity contribution in [3.63, 3.8) is 0 Å². The Labute approximate surface area is 165 Å². The van der Waals surface area contributed by atoms with E-state index in [1.807, 2.05) is 0 Å². The van der Waals surface area contributed by atoms with Gasteiger partial charge >= 0.3 is 6.18 Å². The van der Waals surface area contributed by atoms with Crippen LogP contribution in [-0.2, 0) is 6.18 Å². The number of nitrogens with one attached hydrogen (secondary N) is 1. The molecule has 0 aliphatic carbocycles. The summed E-state index contributed by atoms with van der Waals surface area (Å²) in [7, 11) is 1.48. The number of hydrogen-bond acceptors (Lipinski definition) is 4. The molecule has 2 aromatic carbocycles. The van der Waals surface area contributed by atoms with Gasteiger partial charge in [-0.1, -0.05) is 12.1 Å². The minimum atomic E-state index is -4.42. The standard InChI is InChI=1S/C21H19F3N2O3/c1-12(11-27)25-20(28)14-5-8-16-18(9-14)26-17(10-19(16)29-2)13-3-6-15(7-4-13)21(22,23)24/h3-10,12,27H,11H2,1-2H3,(H,25,28)/t12-/m0/s1. The molecular weight excluding hydrogens is 385 g/mol. The molecule has 0 aliphatic rings. The average Bonchev–Trinajstić information content (AvgIpc) is 2.71. The van der Waals surface area contributed by atoms with E-state index in [-0.39, 0.29) is 12.5 Å². The molecular formula is C21H19F3N2O3. The van der Waals surface area contributed by atoms with E-state index in [0.29, 0.717) is 33.5 Å². The number of aromatic nitrogens is 1. The highest BCUT2D eigenvalue weighted by atomic mass is 19.4. The first-order chi connectivity index (χ1) is 13.7. The van der Waals surface area contributed by atoms with Crippen LogP contribution >= 0.6 is 0 Å². The van der Waals surface area contributed by atoms with Gasteiger partial charge in [-0.25, -0.2) is 4.98 Å². The maximum Gasteiger partial charge on any atom is 0.416 e. The maximum absolute atomic E-state index is 12.8. The van der Waals surface area contributed by atoms with E-state index in [2.05, 4.69) is 10.3 Å². The third kappa shape index (κ3) is 4.48. The molecule has 3 rings (SSSR count). The third-order valence-corrected chi connectivity index (χ3v) is 4.41. The normalized spacial score (nSPS) is 12.6.